The number of hydrogen-bond donors (Lipinski definition) is 2. The monoisotopic (exact) mass is 370 g/mol. The van der Waals surface area contributed by atoms with E-state index in [1.54, 1.807) is 0 Å². The van der Waals surface area contributed by atoms with E-state index in [0.29, 0.717) is 39.0 Å². The molecule has 0 unspecified atom stereocenters. The molecule has 0 spiro atoms. The zero-order valence-corrected chi connectivity index (χ0v) is 16.8. The van der Waals surface area contributed by atoms with Crippen molar-refractivity contribution in [3.63, 3.8) is 0 Å². The van der Waals surface area contributed by atoms with E-state index in [9.17, 15) is 9.59 Å². The molecule has 1 fully saturated rings. The molecule has 0 bridgehead atoms. The van der Waals surface area contributed by atoms with Crippen molar-refractivity contribution in [3.8, 4) is 0 Å². The zero-order valence-electron chi connectivity index (χ0n) is 16.8. The van der Waals surface area contributed by atoms with Crippen LogP contribution in [-0.2, 0) is 22.4 Å². The number of aromatic amines is 2. The van der Waals surface area contributed by atoms with Gasteiger partial charge < -0.3 is 19.8 Å². The third-order valence-corrected chi connectivity index (χ3v) is 5.40. The van der Waals surface area contributed by atoms with Crippen molar-refractivity contribution in [3.05, 3.63) is 46.0 Å². The van der Waals surface area contributed by atoms with E-state index >= 15 is 0 Å². The molecule has 6 nitrogen and oxygen atoms in total. The minimum absolute atomic E-state index is 0.142. The number of carbonyl (C=O) groups is 2. The summed E-state index contributed by atoms with van der Waals surface area (Å²) in [7, 11) is 0. The number of rotatable bonds is 4. The molecule has 1 saturated heterocycles. The second-order valence-corrected chi connectivity index (χ2v) is 7.67. The number of amides is 2. The fraction of sp³-hybridized carbons (Fsp3) is 0.524. The molecule has 0 atom stereocenters. The van der Waals surface area contributed by atoms with E-state index < -0.39 is 0 Å². The van der Waals surface area contributed by atoms with Crippen LogP contribution in [0, 0.1) is 27.7 Å². The molecule has 1 aliphatic rings. The van der Waals surface area contributed by atoms with E-state index in [1.807, 2.05) is 49.6 Å². The van der Waals surface area contributed by atoms with Crippen LogP contribution in [0.15, 0.2) is 12.1 Å². The van der Waals surface area contributed by atoms with Crippen LogP contribution in [0.4, 0.5) is 0 Å². The average molecular weight is 370 g/mol. The Bertz CT molecular complexity index is 765. The van der Waals surface area contributed by atoms with E-state index in [1.165, 1.54) is 0 Å². The largest absolute Gasteiger partial charge is 0.362 e. The van der Waals surface area contributed by atoms with Gasteiger partial charge in [-0.25, -0.2) is 0 Å². The second-order valence-electron chi connectivity index (χ2n) is 7.67. The molecule has 1 aliphatic heterocycles. The Balaban J connectivity index is 1.56. The zero-order chi connectivity index (χ0) is 19.6. The normalized spacial score (nSPS) is 15.1. The Morgan fingerprint density at radius 2 is 1.19 bits per heavy atom. The minimum atomic E-state index is 0.142. The smallest absolute Gasteiger partial charge is 0.227 e. The lowest BCUT2D eigenvalue weighted by Gasteiger charge is -2.22. The molecule has 2 N–H and O–H groups in total. The van der Waals surface area contributed by atoms with Crippen LogP contribution in [0.3, 0.4) is 0 Å². The van der Waals surface area contributed by atoms with Crippen LogP contribution >= 0.6 is 0 Å². The van der Waals surface area contributed by atoms with Crippen molar-refractivity contribution in [2.75, 3.05) is 26.2 Å². The van der Waals surface area contributed by atoms with Gasteiger partial charge in [-0.1, -0.05) is 0 Å². The second kappa shape index (κ2) is 8.03. The maximum Gasteiger partial charge on any atom is 0.227 e. The molecule has 6 heteroatoms. The fourth-order valence-corrected chi connectivity index (χ4v) is 3.90. The quantitative estimate of drug-likeness (QED) is 0.868. The van der Waals surface area contributed by atoms with Crippen LogP contribution in [0.25, 0.3) is 0 Å². The van der Waals surface area contributed by atoms with Gasteiger partial charge in [-0.15, -0.1) is 0 Å². The molecule has 3 rings (SSSR count). The van der Waals surface area contributed by atoms with Gasteiger partial charge in [0.1, 0.15) is 0 Å². The van der Waals surface area contributed by atoms with Gasteiger partial charge in [0.05, 0.1) is 12.8 Å². The lowest BCUT2D eigenvalue weighted by Crippen LogP contribution is -2.38. The van der Waals surface area contributed by atoms with Crippen molar-refractivity contribution in [1.82, 2.24) is 19.8 Å². The van der Waals surface area contributed by atoms with Gasteiger partial charge in [-0.05, 0) is 57.4 Å². The number of nitrogens with zero attached hydrogens (tertiary/aromatic N) is 2. The first-order valence-corrected chi connectivity index (χ1v) is 9.69. The summed E-state index contributed by atoms with van der Waals surface area (Å²) in [4.78, 5) is 35.7. The highest BCUT2D eigenvalue weighted by Gasteiger charge is 2.23. The van der Waals surface area contributed by atoms with Crippen LogP contribution in [0.1, 0.15) is 40.3 Å². The highest BCUT2D eigenvalue weighted by molar-refractivity contribution is 5.80. The average Bonchev–Trinajstić information content (AvgIpc) is 2.96. The summed E-state index contributed by atoms with van der Waals surface area (Å²) < 4.78 is 0. The number of aryl methyl sites for hydroxylation is 4. The summed E-state index contributed by atoms with van der Waals surface area (Å²) in [6.07, 6.45) is 1.67. The molecule has 2 aromatic rings. The highest BCUT2D eigenvalue weighted by atomic mass is 16.2. The number of carbonyl (C=O) groups excluding carboxylic acids is 2. The molecule has 0 radical (unpaired) electrons. The van der Waals surface area contributed by atoms with Gasteiger partial charge >= 0.3 is 0 Å². The van der Waals surface area contributed by atoms with Crippen LogP contribution < -0.4 is 0 Å². The maximum absolute atomic E-state index is 12.7. The van der Waals surface area contributed by atoms with Gasteiger partial charge in [0.2, 0.25) is 11.8 Å². The predicted octanol–water partition coefficient (Wildman–Crippen LogP) is 2.42. The molecular weight excluding hydrogens is 340 g/mol. The van der Waals surface area contributed by atoms with Gasteiger partial charge in [-0.3, -0.25) is 9.59 Å². The molecule has 2 amide bonds. The minimum Gasteiger partial charge on any atom is -0.362 e. The third kappa shape index (κ3) is 4.62. The molecular formula is C21H30N4O2. The Kier molecular flexibility index (Phi) is 5.73. The van der Waals surface area contributed by atoms with E-state index in [0.717, 1.165) is 40.3 Å². The summed E-state index contributed by atoms with van der Waals surface area (Å²) in [5.74, 6) is 0.284. The topological polar surface area (TPSA) is 72.2 Å². The van der Waals surface area contributed by atoms with Gasteiger partial charge in [-0.2, -0.15) is 0 Å². The van der Waals surface area contributed by atoms with Crippen molar-refractivity contribution in [1.29, 1.82) is 0 Å². The van der Waals surface area contributed by atoms with Crippen molar-refractivity contribution < 1.29 is 9.59 Å². The molecule has 27 heavy (non-hydrogen) atoms. The molecule has 0 saturated carbocycles. The SMILES string of the molecule is Cc1cc(CC(=O)N2CCCN(C(=O)Cc3cc(C)[nH]c3C)CC2)c(C)[nH]1. The predicted molar refractivity (Wildman–Crippen MR) is 106 cm³/mol. The molecule has 2 aromatic heterocycles. The fourth-order valence-electron chi connectivity index (χ4n) is 3.90. The first kappa shape index (κ1) is 19.3. The summed E-state index contributed by atoms with van der Waals surface area (Å²) in [6, 6.07) is 4.09. The van der Waals surface area contributed by atoms with Gasteiger partial charge in [0, 0.05) is 49.0 Å². The Labute approximate surface area is 160 Å². The highest BCUT2D eigenvalue weighted by Crippen LogP contribution is 2.15. The lowest BCUT2D eigenvalue weighted by molar-refractivity contribution is -0.132. The number of aromatic nitrogens is 2. The van der Waals surface area contributed by atoms with Crippen molar-refractivity contribution in [2.45, 2.75) is 47.0 Å². The van der Waals surface area contributed by atoms with Crippen LogP contribution in [0.5, 0.6) is 0 Å². The maximum atomic E-state index is 12.7. The van der Waals surface area contributed by atoms with Crippen molar-refractivity contribution in [2.24, 2.45) is 0 Å². The Hall–Kier alpha value is -2.50. The van der Waals surface area contributed by atoms with E-state index in [2.05, 4.69) is 9.97 Å². The molecule has 0 aromatic carbocycles. The third-order valence-electron chi connectivity index (χ3n) is 5.40. The summed E-state index contributed by atoms with van der Waals surface area (Å²) in [5.41, 5.74) is 6.41. The number of hydrogen-bond acceptors (Lipinski definition) is 2. The summed E-state index contributed by atoms with van der Waals surface area (Å²) in [6.45, 7) is 10.7. The lowest BCUT2D eigenvalue weighted by atomic mass is 10.1. The first-order chi connectivity index (χ1) is 12.8. The van der Waals surface area contributed by atoms with Crippen LogP contribution in [0.2, 0.25) is 0 Å². The standard InChI is InChI=1S/C21H30N4O2/c1-14-10-18(16(3)22-14)12-20(26)24-6-5-7-25(9-8-24)21(27)13-19-11-15(2)23-17(19)4/h10-11,22-23H,5-9,12-13H2,1-4H3. The van der Waals surface area contributed by atoms with Gasteiger partial charge in [0.25, 0.3) is 0 Å². The summed E-state index contributed by atoms with van der Waals surface area (Å²) in [5, 5.41) is 0. The van der Waals surface area contributed by atoms with Crippen LogP contribution in [-0.4, -0.2) is 57.8 Å². The molecule has 3 heterocycles. The molecule has 146 valence electrons. The van der Waals surface area contributed by atoms with Crippen molar-refractivity contribution >= 4 is 11.8 Å². The Morgan fingerprint density at radius 1 is 0.778 bits per heavy atom. The summed E-state index contributed by atoms with van der Waals surface area (Å²) >= 11 is 0. The van der Waals surface area contributed by atoms with E-state index in [-0.39, 0.29) is 11.8 Å². The first-order valence-electron chi connectivity index (χ1n) is 9.69. The molecule has 0 aliphatic carbocycles. The van der Waals surface area contributed by atoms with E-state index in [4.69, 9.17) is 0 Å². The van der Waals surface area contributed by atoms with Gasteiger partial charge in [0.15, 0.2) is 0 Å². The number of H-pyrrole nitrogens is 2. The Morgan fingerprint density at radius 3 is 1.52 bits per heavy atom. The number of nitrogens with one attached hydrogen (secondary N) is 2.